The first kappa shape index (κ1) is 18.0. The van der Waals surface area contributed by atoms with Gasteiger partial charge in [0.25, 0.3) is 0 Å². The van der Waals surface area contributed by atoms with Crippen molar-refractivity contribution < 1.29 is 4.79 Å². The number of carbonyl (C=O) groups is 1. The Morgan fingerprint density at radius 1 is 0.846 bits per heavy atom. The van der Waals surface area contributed by atoms with Gasteiger partial charge in [0.05, 0.1) is 0 Å². The second kappa shape index (κ2) is 8.05. The van der Waals surface area contributed by atoms with E-state index < -0.39 is 0 Å². The van der Waals surface area contributed by atoms with Crippen LogP contribution in [0.4, 0.5) is 11.4 Å². The number of ketones is 1. The Morgan fingerprint density at radius 2 is 1.27 bits per heavy atom. The lowest BCUT2D eigenvalue weighted by atomic mass is 9.78. The summed E-state index contributed by atoms with van der Waals surface area (Å²) in [7, 11) is 0. The third kappa shape index (κ3) is 4.42. The summed E-state index contributed by atoms with van der Waals surface area (Å²) in [5.74, 6) is 0.670. The number of rotatable bonds is 4. The fourth-order valence-corrected chi connectivity index (χ4v) is 3.53. The maximum Gasteiger partial charge on any atom is 0.185 e. The van der Waals surface area contributed by atoms with Crippen molar-refractivity contribution in [3.8, 4) is 0 Å². The molecule has 0 atom stereocenters. The van der Waals surface area contributed by atoms with Crippen molar-refractivity contribution in [3.63, 3.8) is 0 Å². The van der Waals surface area contributed by atoms with Crippen molar-refractivity contribution in [3.05, 3.63) is 70.8 Å². The minimum absolute atomic E-state index is 0.158. The van der Waals surface area contributed by atoms with E-state index in [0.29, 0.717) is 5.92 Å². The normalized spacial score (nSPS) is 20.7. The molecule has 0 heterocycles. The summed E-state index contributed by atoms with van der Waals surface area (Å²) in [6, 6.07) is 15.3. The maximum absolute atomic E-state index is 13.0. The summed E-state index contributed by atoms with van der Waals surface area (Å²) in [6.45, 7) is 2.20. The zero-order valence-corrected chi connectivity index (χ0v) is 15.2. The molecule has 0 radical (unpaired) electrons. The topological polar surface area (TPSA) is 69.1 Å². The van der Waals surface area contributed by atoms with Gasteiger partial charge < -0.3 is 11.5 Å². The molecule has 0 spiro atoms. The maximum atomic E-state index is 13.0. The molecule has 1 fully saturated rings. The number of carbonyl (C=O) groups excluding carboxylic acids is 1. The molecule has 3 heteroatoms. The molecule has 4 N–H and O–H groups in total. The van der Waals surface area contributed by atoms with E-state index in [4.69, 9.17) is 11.5 Å². The van der Waals surface area contributed by atoms with E-state index in [0.717, 1.165) is 59.3 Å². The number of nitrogen functional groups attached to an aromatic ring is 2. The highest BCUT2D eigenvalue weighted by Crippen LogP contribution is 2.35. The van der Waals surface area contributed by atoms with Crippen LogP contribution in [0, 0.1) is 5.92 Å². The molecule has 1 saturated carbocycles. The molecule has 0 unspecified atom stereocenters. The van der Waals surface area contributed by atoms with Crippen LogP contribution in [-0.2, 0) is 4.79 Å². The zero-order valence-electron chi connectivity index (χ0n) is 15.2. The minimum Gasteiger partial charge on any atom is -0.399 e. The van der Waals surface area contributed by atoms with E-state index in [1.54, 1.807) is 0 Å². The SMILES string of the molecule is CCCC1CC(=Cc2ccc(N)cc2)C(=O)C(=Cc2ccc(N)cc2)C1. The summed E-state index contributed by atoms with van der Waals surface area (Å²) in [6.07, 6.45) is 7.97. The predicted molar refractivity (Wildman–Crippen MR) is 110 cm³/mol. The highest BCUT2D eigenvalue weighted by Gasteiger charge is 2.27. The Morgan fingerprint density at radius 3 is 1.65 bits per heavy atom. The Balaban J connectivity index is 1.93. The molecule has 1 aliphatic rings. The number of anilines is 2. The Labute approximate surface area is 155 Å². The lowest BCUT2D eigenvalue weighted by Crippen LogP contribution is -2.20. The van der Waals surface area contributed by atoms with Gasteiger partial charge in [0, 0.05) is 22.5 Å². The molecule has 3 rings (SSSR count). The quantitative estimate of drug-likeness (QED) is 0.598. The predicted octanol–water partition coefficient (Wildman–Crippen LogP) is 5.10. The average Bonchev–Trinajstić information content (AvgIpc) is 2.63. The monoisotopic (exact) mass is 346 g/mol. The van der Waals surface area contributed by atoms with Gasteiger partial charge in [0.1, 0.15) is 0 Å². The molecule has 0 aromatic heterocycles. The van der Waals surface area contributed by atoms with Crippen molar-refractivity contribution in [2.24, 2.45) is 5.92 Å². The van der Waals surface area contributed by atoms with E-state index in [9.17, 15) is 4.79 Å². The summed E-state index contributed by atoms with van der Waals surface area (Å²) in [5, 5.41) is 0. The standard InChI is InChI=1S/C23H26N2O/c1-2-3-18-14-19(12-16-4-8-21(24)9-5-16)23(26)20(15-18)13-17-6-10-22(25)11-7-17/h4-13,18H,2-3,14-15,24-25H2,1H3. The Bertz CT molecular complexity index is 762. The fourth-order valence-electron chi connectivity index (χ4n) is 3.53. The summed E-state index contributed by atoms with van der Waals surface area (Å²) >= 11 is 0. The minimum atomic E-state index is 0.158. The van der Waals surface area contributed by atoms with Gasteiger partial charge >= 0.3 is 0 Å². The van der Waals surface area contributed by atoms with Crippen LogP contribution < -0.4 is 11.5 Å². The molecule has 2 aromatic carbocycles. The second-order valence-electron chi connectivity index (χ2n) is 7.06. The number of hydrogen-bond acceptors (Lipinski definition) is 3. The number of Topliss-reactive ketones (excluding diaryl/α,β-unsaturated/α-hetero) is 1. The highest BCUT2D eigenvalue weighted by atomic mass is 16.1. The van der Waals surface area contributed by atoms with Gasteiger partial charge in [0.15, 0.2) is 5.78 Å². The van der Waals surface area contributed by atoms with Crippen molar-refractivity contribution in [1.29, 1.82) is 0 Å². The van der Waals surface area contributed by atoms with E-state index in [2.05, 4.69) is 6.92 Å². The first-order valence-corrected chi connectivity index (χ1v) is 9.22. The Hall–Kier alpha value is -2.81. The molecule has 2 aromatic rings. The highest BCUT2D eigenvalue weighted by molar-refractivity contribution is 6.14. The largest absolute Gasteiger partial charge is 0.399 e. The van der Waals surface area contributed by atoms with Gasteiger partial charge in [-0.25, -0.2) is 0 Å². The van der Waals surface area contributed by atoms with Gasteiger partial charge in [0.2, 0.25) is 0 Å². The van der Waals surface area contributed by atoms with Gasteiger partial charge in [-0.2, -0.15) is 0 Å². The van der Waals surface area contributed by atoms with Crippen LogP contribution >= 0.6 is 0 Å². The molecule has 26 heavy (non-hydrogen) atoms. The van der Waals surface area contributed by atoms with Crippen molar-refractivity contribution in [2.75, 3.05) is 11.5 Å². The van der Waals surface area contributed by atoms with Crippen molar-refractivity contribution in [2.45, 2.75) is 32.6 Å². The lowest BCUT2D eigenvalue weighted by Gasteiger charge is -2.25. The number of benzene rings is 2. The molecule has 0 amide bonds. The summed E-state index contributed by atoms with van der Waals surface area (Å²) < 4.78 is 0. The van der Waals surface area contributed by atoms with Crippen LogP contribution in [0.5, 0.6) is 0 Å². The molecule has 0 saturated heterocycles. The van der Waals surface area contributed by atoms with Crippen LogP contribution in [0.2, 0.25) is 0 Å². The van der Waals surface area contributed by atoms with Gasteiger partial charge in [-0.05, 0) is 66.3 Å². The molecule has 0 bridgehead atoms. The number of nitrogens with two attached hydrogens (primary N) is 2. The third-order valence-electron chi connectivity index (χ3n) is 4.85. The van der Waals surface area contributed by atoms with Crippen LogP contribution in [0.15, 0.2) is 59.7 Å². The van der Waals surface area contributed by atoms with E-state index in [-0.39, 0.29) is 5.78 Å². The third-order valence-corrected chi connectivity index (χ3v) is 4.85. The van der Waals surface area contributed by atoms with Gasteiger partial charge in [-0.15, -0.1) is 0 Å². The molecular formula is C23H26N2O. The molecule has 3 nitrogen and oxygen atoms in total. The Kier molecular flexibility index (Phi) is 5.57. The van der Waals surface area contributed by atoms with E-state index in [1.807, 2.05) is 60.7 Å². The summed E-state index contributed by atoms with van der Waals surface area (Å²) in [4.78, 5) is 13.0. The molecule has 0 aliphatic heterocycles. The smallest absolute Gasteiger partial charge is 0.185 e. The van der Waals surface area contributed by atoms with E-state index in [1.165, 1.54) is 0 Å². The zero-order chi connectivity index (χ0) is 18.5. The molecular weight excluding hydrogens is 320 g/mol. The first-order valence-electron chi connectivity index (χ1n) is 9.22. The van der Waals surface area contributed by atoms with Crippen molar-refractivity contribution >= 4 is 29.3 Å². The van der Waals surface area contributed by atoms with E-state index >= 15 is 0 Å². The first-order chi connectivity index (χ1) is 12.5. The lowest BCUT2D eigenvalue weighted by molar-refractivity contribution is -0.113. The number of allylic oxidation sites excluding steroid dienone is 2. The van der Waals surface area contributed by atoms with Gasteiger partial charge in [-0.1, -0.05) is 44.0 Å². The average molecular weight is 346 g/mol. The van der Waals surface area contributed by atoms with Crippen LogP contribution in [0.3, 0.4) is 0 Å². The van der Waals surface area contributed by atoms with Crippen LogP contribution in [0.1, 0.15) is 43.7 Å². The second-order valence-corrected chi connectivity index (χ2v) is 7.06. The summed E-state index contributed by atoms with van der Waals surface area (Å²) in [5.41, 5.74) is 16.8. The fraction of sp³-hybridized carbons (Fsp3) is 0.261. The molecule has 1 aliphatic carbocycles. The van der Waals surface area contributed by atoms with Crippen LogP contribution in [-0.4, -0.2) is 5.78 Å². The van der Waals surface area contributed by atoms with Crippen molar-refractivity contribution in [1.82, 2.24) is 0 Å². The van der Waals surface area contributed by atoms with Crippen LogP contribution in [0.25, 0.3) is 12.2 Å². The van der Waals surface area contributed by atoms with Gasteiger partial charge in [-0.3, -0.25) is 4.79 Å². The number of hydrogen-bond donors (Lipinski definition) is 2. The molecule has 134 valence electrons.